The average Bonchev–Trinajstić information content (AvgIpc) is 2.77. The number of methoxy groups -OCH3 is 1. The van der Waals surface area contributed by atoms with Crippen LogP contribution in [0.2, 0.25) is 0 Å². The van der Waals surface area contributed by atoms with Crippen molar-refractivity contribution in [2.24, 2.45) is 0 Å². The molecule has 5 nitrogen and oxygen atoms in total. The van der Waals surface area contributed by atoms with Gasteiger partial charge in [0.05, 0.1) is 29.4 Å². The molecule has 1 N–H and O–H groups in total. The molecule has 0 radical (unpaired) electrons. The van der Waals surface area contributed by atoms with Crippen molar-refractivity contribution in [3.05, 3.63) is 71.9 Å². The summed E-state index contributed by atoms with van der Waals surface area (Å²) in [6.07, 6.45) is -7.81. The van der Waals surface area contributed by atoms with Crippen LogP contribution in [-0.4, -0.2) is 22.1 Å². The fourth-order valence-electron chi connectivity index (χ4n) is 3.19. The van der Waals surface area contributed by atoms with Gasteiger partial charge in [-0.3, -0.25) is 4.98 Å². The molecule has 2 aromatic heterocycles. The van der Waals surface area contributed by atoms with Gasteiger partial charge in [-0.2, -0.15) is 36.3 Å². The minimum Gasteiger partial charge on any atom is -0.467 e. The molecule has 4 rings (SSSR count). The van der Waals surface area contributed by atoms with Gasteiger partial charge in [0.15, 0.2) is 0 Å². The summed E-state index contributed by atoms with van der Waals surface area (Å²) < 4.78 is 83.7. The summed E-state index contributed by atoms with van der Waals surface area (Å²) >= 11 is 0. The zero-order valence-electron chi connectivity index (χ0n) is 16.8. The van der Waals surface area contributed by atoms with Crippen LogP contribution in [0.1, 0.15) is 11.1 Å². The maximum atomic E-state index is 13.4. The van der Waals surface area contributed by atoms with Crippen LogP contribution in [0.15, 0.2) is 60.8 Å². The van der Waals surface area contributed by atoms with Crippen molar-refractivity contribution in [1.82, 2.24) is 15.0 Å². The van der Waals surface area contributed by atoms with Gasteiger partial charge in [-0.05, 0) is 48.5 Å². The summed E-state index contributed by atoms with van der Waals surface area (Å²) in [5.74, 6) is 0.209. The molecule has 170 valence electrons. The van der Waals surface area contributed by atoms with Crippen LogP contribution in [0, 0.1) is 0 Å². The molecule has 0 atom stereocenters. The lowest BCUT2D eigenvalue weighted by Gasteiger charge is -2.14. The summed E-state index contributed by atoms with van der Waals surface area (Å²) in [5.41, 5.74) is -1.21. The largest absolute Gasteiger partial charge is 0.467 e. The SMILES string of the molecule is COc1nc(Nc2ccc(C(F)(F)F)cc2)c2ccc(-c3ncccc3C(F)(F)F)cc2n1. The van der Waals surface area contributed by atoms with Crippen molar-refractivity contribution in [3.63, 3.8) is 0 Å². The fourth-order valence-corrected chi connectivity index (χ4v) is 3.19. The van der Waals surface area contributed by atoms with Crippen molar-refractivity contribution >= 4 is 22.4 Å². The third-order valence-electron chi connectivity index (χ3n) is 4.72. The Balaban J connectivity index is 1.77. The Morgan fingerprint density at radius 3 is 2.21 bits per heavy atom. The van der Waals surface area contributed by atoms with Crippen LogP contribution >= 0.6 is 0 Å². The van der Waals surface area contributed by atoms with E-state index >= 15 is 0 Å². The van der Waals surface area contributed by atoms with E-state index in [1.165, 1.54) is 49.7 Å². The zero-order chi connectivity index (χ0) is 23.8. The van der Waals surface area contributed by atoms with Gasteiger partial charge in [0.25, 0.3) is 0 Å². The van der Waals surface area contributed by atoms with E-state index in [1.54, 1.807) is 0 Å². The van der Waals surface area contributed by atoms with E-state index in [4.69, 9.17) is 4.74 Å². The van der Waals surface area contributed by atoms with E-state index < -0.39 is 23.5 Å². The number of nitrogens with one attached hydrogen (secondary N) is 1. The van der Waals surface area contributed by atoms with E-state index in [9.17, 15) is 26.3 Å². The zero-order valence-corrected chi connectivity index (χ0v) is 16.8. The van der Waals surface area contributed by atoms with Crippen molar-refractivity contribution in [3.8, 4) is 17.3 Å². The van der Waals surface area contributed by atoms with Gasteiger partial charge in [0, 0.05) is 22.8 Å². The number of halogens is 6. The highest BCUT2D eigenvalue weighted by molar-refractivity contribution is 5.93. The van der Waals surface area contributed by atoms with Crippen molar-refractivity contribution < 1.29 is 31.1 Å². The molecule has 2 heterocycles. The molecule has 0 aliphatic carbocycles. The topological polar surface area (TPSA) is 59.9 Å². The molecule has 0 saturated carbocycles. The summed E-state index contributed by atoms with van der Waals surface area (Å²) in [4.78, 5) is 12.3. The van der Waals surface area contributed by atoms with Gasteiger partial charge in [-0.15, -0.1) is 0 Å². The van der Waals surface area contributed by atoms with Gasteiger partial charge >= 0.3 is 18.4 Å². The van der Waals surface area contributed by atoms with E-state index in [0.29, 0.717) is 11.1 Å². The Labute approximate surface area is 183 Å². The number of alkyl halides is 6. The van der Waals surface area contributed by atoms with Gasteiger partial charge in [-0.1, -0.05) is 6.07 Å². The lowest BCUT2D eigenvalue weighted by Crippen LogP contribution is -2.08. The van der Waals surface area contributed by atoms with Crippen LogP contribution in [-0.2, 0) is 12.4 Å². The van der Waals surface area contributed by atoms with Gasteiger partial charge < -0.3 is 10.1 Å². The average molecular weight is 464 g/mol. The minimum atomic E-state index is -4.60. The van der Waals surface area contributed by atoms with Gasteiger partial charge in [0.2, 0.25) is 0 Å². The normalized spacial score (nSPS) is 12.1. The lowest BCUT2D eigenvalue weighted by atomic mass is 10.0. The van der Waals surface area contributed by atoms with E-state index in [0.717, 1.165) is 18.2 Å². The van der Waals surface area contributed by atoms with Crippen LogP contribution in [0.4, 0.5) is 37.8 Å². The van der Waals surface area contributed by atoms with E-state index in [1.807, 2.05) is 0 Å². The summed E-state index contributed by atoms with van der Waals surface area (Å²) in [6, 6.07) is 10.7. The molecule has 0 aliphatic rings. The van der Waals surface area contributed by atoms with Gasteiger partial charge in [-0.25, -0.2) is 0 Å². The lowest BCUT2D eigenvalue weighted by molar-refractivity contribution is -0.138. The number of aromatic nitrogens is 3. The predicted octanol–water partition coefficient (Wildman–Crippen LogP) is 6.48. The molecule has 33 heavy (non-hydrogen) atoms. The highest BCUT2D eigenvalue weighted by Crippen LogP contribution is 2.37. The molecule has 4 aromatic rings. The molecular formula is C22H14F6N4O. The van der Waals surface area contributed by atoms with Crippen molar-refractivity contribution in [2.75, 3.05) is 12.4 Å². The van der Waals surface area contributed by atoms with Crippen LogP contribution in [0.5, 0.6) is 6.01 Å². The smallest absolute Gasteiger partial charge is 0.418 e. The van der Waals surface area contributed by atoms with Crippen LogP contribution in [0.25, 0.3) is 22.2 Å². The molecule has 0 bridgehead atoms. The summed E-state index contributed by atoms with van der Waals surface area (Å²) in [7, 11) is 1.31. The number of benzene rings is 2. The molecule has 0 fully saturated rings. The van der Waals surface area contributed by atoms with E-state index in [2.05, 4.69) is 20.3 Å². The first-order valence-corrected chi connectivity index (χ1v) is 9.39. The maximum Gasteiger partial charge on any atom is 0.418 e. The number of nitrogens with zero attached hydrogens (tertiary/aromatic N) is 3. The number of rotatable bonds is 4. The first-order valence-electron chi connectivity index (χ1n) is 9.39. The molecule has 0 amide bonds. The van der Waals surface area contributed by atoms with Gasteiger partial charge in [0.1, 0.15) is 5.82 Å². The quantitative estimate of drug-likeness (QED) is 0.350. The third kappa shape index (κ3) is 4.66. The highest BCUT2D eigenvalue weighted by Gasteiger charge is 2.34. The van der Waals surface area contributed by atoms with Crippen molar-refractivity contribution in [1.29, 1.82) is 0 Å². The molecule has 0 unspecified atom stereocenters. The number of hydrogen-bond donors (Lipinski definition) is 1. The predicted molar refractivity (Wildman–Crippen MR) is 109 cm³/mol. The second-order valence-electron chi connectivity index (χ2n) is 6.89. The summed E-state index contributed by atoms with van der Waals surface area (Å²) in [5, 5.41) is 3.32. The molecular weight excluding hydrogens is 450 g/mol. The van der Waals surface area contributed by atoms with Crippen molar-refractivity contribution in [2.45, 2.75) is 12.4 Å². The second kappa shape index (κ2) is 8.23. The number of hydrogen-bond acceptors (Lipinski definition) is 5. The van der Waals surface area contributed by atoms with Crippen LogP contribution < -0.4 is 10.1 Å². The second-order valence-corrected chi connectivity index (χ2v) is 6.89. The van der Waals surface area contributed by atoms with E-state index in [-0.39, 0.29) is 28.6 Å². The highest BCUT2D eigenvalue weighted by atomic mass is 19.4. The maximum absolute atomic E-state index is 13.4. The minimum absolute atomic E-state index is 0.0777. The molecule has 0 spiro atoms. The Morgan fingerprint density at radius 2 is 1.58 bits per heavy atom. The Kier molecular flexibility index (Phi) is 5.56. The third-order valence-corrected chi connectivity index (χ3v) is 4.72. The number of anilines is 2. The molecule has 0 saturated heterocycles. The number of ether oxygens (including phenoxy) is 1. The molecule has 2 aromatic carbocycles. The Bertz CT molecular complexity index is 1300. The fraction of sp³-hybridized carbons (Fsp3) is 0.136. The molecule has 11 heteroatoms. The van der Waals surface area contributed by atoms with Crippen LogP contribution in [0.3, 0.4) is 0 Å². The number of pyridine rings is 1. The first kappa shape index (κ1) is 22.3. The first-order chi connectivity index (χ1) is 15.6. The monoisotopic (exact) mass is 464 g/mol. The summed E-state index contributed by atoms with van der Waals surface area (Å²) in [6.45, 7) is 0. The Morgan fingerprint density at radius 1 is 0.848 bits per heavy atom. The number of fused-ring (bicyclic) bond motifs is 1. The molecule has 0 aliphatic heterocycles. The standard InChI is InChI=1S/C22H14F6N4O/c1-33-20-31-17-11-12(18-16(22(26,27)28)3-2-10-29-18)4-9-15(17)19(32-20)30-14-7-5-13(6-8-14)21(23,24)25/h2-11H,1H3,(H,30,31,32). The Hall–Kier alpha value is -3.89.